The van der Waals surface area contributed by atoms with Crippen LogP contribution >= 0.6 is 15.9 Å². The van der Waals surface area contributed by atoms with Gasteiger partial charge in [0.1, 0.15) is 0 Å². The van der Waals surface area contributed by atoms with Crippen molar-refractivity contribution in [3.8, 4) is 5.88 Å². The van der Waals surface area contributed by atoms with Crippen LogP contribution in [0.4, 0.5) is 5.95 Å². The third-order valence-corrected chi connectivity index (χ3v) is 3.81. The fourth-order valence-corrected chi connectivity index (χ4v) is 2.56. The number of halogens is 1. The summed E-state index contributed by atoms with van der Waals surface area (Å²) in [6.45, 7) is 6.64. The lowest BCUT2D eigenvalue weighted by Crippen LogP contribution is -2.22. The average molecular weight is 300 g/mol. The first-order valence-corrected chi connectivity index (χ1v) is 7.14. The van der Waals surface area contributed by atoms with Gasteiger partial charge in [-0.3, -0.25) is 0 Å². The Balaban J connectivity index is 2.15. The third-order valence-electron chi connectivity index (χ3n) is 2.90. The zero-order valence-electron chi connectivity index (χ0n) is 10.3. The van der Waals surface area contributed by atoms with Crippen LogP contribution in [-0.2, 0) is 0 Å². The second-order valence-corrected chi connectivity index (χ2v) is 4.98. The molecule has 1 fully saturated rings. The van der Waals surface area contributed by atoms with E-state index in [-0.39, 0.29) is 0 Å². The first-order chi connectivity index (χ1) is 8.22. The normalized spacial score (nSPS) is 19.7. The monoisotopic (exact) mass is 299 g/mol. The summed E-state index contributed by atoms with van der Waals surface area (Å²) in [7, 11) is 0. The van der Waals surface area contributed by atoms with Crippen LogP contribution in [0.5, 0.6) is 5.88 Å². The van der Waals surface area contributed by atoms with Gasteiger partial charge in [-0.15, -0.1) is 0 Å². The van der Waals surface area contributed by atoms with Crippen molar-refractivity contribution >= 4 is 21.9 Å². The van der Waals surface area contributed by atoms with Gasteiger partial charge in [0.15, 0.2) is 0 Å². The van der Waals surface area contributed by atoms with Gasteiger partial charge in [0, 0.05) is 30.2 Å². The molecule has 1 aromatic rings. The quantitative estimate of drug-likeness (QED) is 0.800. The molecule has 1 unspecified atom stereocenters. The van der Waals surface area contributed by atoms with Crippen molar-refractivity contribution in [2.24, 2.45) is 5.92 Å². The Kier molecular flexibility index (Phi) is 4.20. The van der Waals surface area contributed by atoms with Gasteiger partial charge in [-0.05, 0) is 26.2 Å². The molecule has 0 N–H and O–H groups in total. The average Bonchev–Trinajstić information content (AvgIpc) is 2.77. The molecule has 0 bridgehead atoms. The van der Waals surface area contributed by atoms with E-state index >= 15 is 0 Å². The van der Waals surface area contributed by atoms with E-state index in [9.17, 15) is 0 Å². The van der Waals surface area contributed by atoms with Gasteiger partial charge in [0.2, 0.25) is 11.8 Å². The van der Waals surface area contributed by atoms with Crippen LogP contribution in [0.2, 0.25) is 0 Å². The predicted octanol–water partition coefficient (Wildman–Crippen LogP) is 2.40. The second-order valence-electron chi connectivity index (χ2n) is 4.34. The van der Waals surface area contributed by atoms with E-state index in [1.807, 2.05) is 19.9 Å². The molecule has 2 heterocycles. The molecule has 1 aromatic heterocycles. The number of rotatable bonds is 4. The van der Waals surface area contributed by atoms with Crippen LogP contribution in [0.1, 0.15) is 19.0 Å². The number of alkyl halides is 1. The molecule has 0 amide bonds. The topological polar surface area (TPSA) is 38.2 Å². The van der Waals surface area contributed by atoms with E-state index in [4.69, 9.17) is 4.74 Å². The molecule has 1 saturated heterocycles. The first-order valence-electron chi connectivity index (χ1n) is 6.02. The molecule has 4 nitrogen and oxygen atoms in total. The van der Waals surface area contributed by atoms with Crippen molar-refractivity contribution in [1.82, 2.24) is 9.97 Å². The summed E-state index contributed by atoms with van der Waals surface area (Å²) in [4.78, 5) is 11.2. The molecule has 0 aromatic carbocycles. The molecule has 94 valence electrons. The standard InChI is InChI=1S/C12H18BrN3O/c1-3-17-11-6-9(2)14-12(15-11)16-5-4-10(7-13)8-16/h6,10H,3-5,7-8H2,1-2H3. The molecule has 0 spiro atoms. The minimum Gasteiger partial charge on any atom is -0.478 e. The molecule has 1 aliphatic heterocycles. The number of hydrogen-bond acceptors (Lipinski definition) is 4. The number of hydrogen-bond donors (Lipinski definition) is 0. The number of aryl methyl sites for hydroxylation is 1. The van der Waals surface area contributed by atoms with Gasteiger partial charge >= 0.3 is 0 Å². The number of aromatic nitrogens is 2. The van der Waals surface area contributed by atoms with Crippen LogP contribution < -0.4 is 9.64 Å². The van der Waals surface area contributed by atoms with E-state index in [0.717, 1.165) is 30.1 Å². The molecular weight excluding hydrogens is 282 g/mol. The molecule has 5 heteroatoms. The van der Waals surface area contributed by atoms with Crippen LogP contribution in [0, 0.1) is 12.8 Å². The Morgan fingerprint density at radius 2 is 2.35 bits per heavy atom. The van der Waals surface area contributed by atoms with Crippen molar-refractivity contribution in [1.29, 1.82) is 0 Å². The summed E-state index contributed by atoms with van der Waals surface area (Å²) >= 11 is 3.54. The summed E-state index contributed by atoms with van der Waals surface area (Å²) in [5, 5.41) is 1.05. The van der Waals surface area contributed by atoms with Crippen LogP contribution in [0.15, 0.2) is 6.07 Å². The van der Waals surface area contributed by atoms with Crippen LogP contribution in [0.3, 0.4) is 0 Å². The smallest absolute Gasteiger partial charge is 0.228 e. The van der Waals surface area contributed by atoms with Crippen molar-refractivity contribution in [3.05, 3.63) is 11.8 Å². The van der Waals surface area contributed by atoms with Gasteiger partial charge in [0.25, 0.3) is 0 Å². The van der Waals surface area contributed by atoms with E-state index < -0.39 is 0 Å². The van der Waals surface area contributed by atoms with Gasteiger partial charge in [-0.1, -0.05) is 15.9 Å². The maximum Gasteiger partial charge on any atom is 0.228 e. The Hall–Kier alpha value is -0.840. The Bertz CT molecular complexity index is 386. The zero-order chi connectivity index (χ0) is 12.3. The van der Waals surface area contributed by atoms with Crippen molar-refractivity contribution in [2.75, 3.05) is 29.9 Å². The number of ether oxygens (including phenoxy) is 1. The molecule has 1 aliphatic rings. The van der Waals surface area contributed by atoms with Crippen LogP contribution in [0.25, 0.3) is 0 Å². The summed E-state index contributed by atoms with van der Waals surface area (Å²) in [6.07, 6.45) is 1.20. The minimum absolute atomic E-state index is 0.639. The lowest BCUT2D eigenvalue weighted by atomic mass is 10.2. The Morgan fingerprint density at radius 1 is 1.53 bits per heavy atom. The first kappa shape index (κ1) is 12.6. The SMILES string of the molecule is CCOc1cc(C)nc(N2CCC(CBr)C2)n1. The van der Waals surface area contributed by atoms with Gasteiger partial charge < -0.3 is 9.64 Å². The Labute approximate surface area is 111 Å². The molecule has 1 atom stereocenters. The molecule has 17 heavy (non-hydrogen) atoms. The molecule has 0 saturated carbocycles. The van der Waals surface area contributed by atoms with Gasteiger partial charge in [-0.25, -0.2) is 4.98 Å². The highest BCUT2D eigenvalue weighted by Crippen LogP contribution is 2.23. The van der Waals surface area contributed by atoms with Crippen molar-refractivity contribution in [2.45, 2.75) is 20.3 Å². The molecule has 2 rings (SSSR count). The van der Waals surface area contributed by atoms with Gasteiger partial charge in [-0.2, -0.15) is 4.98 Å². The molecule has 0 aliphatic carbocycles. The summed E-state index contributed by atoms with van der Waals surface area (Å²) < 4.78 is 5.45. The van der Waals surface area contributed by atoms with Crippen LogP contribution in [-0.4, -0.2) is 35.0 Å². The lowest BCUT2D eigenvalue weighted by Gasteiger charge is -2.17. The summed E-state index contributed by atoms with van der Waals surface area (Å²) in [6, 6.07) is 1.88. The fourth-order valence-electron chi connectivity index (χ4n) is 2.03. The highest BCUT2D eigenvalue weighted by atomic mass is 79.9. The zero-order valence-corrected chi connectivity index (χ0v) is 11.9. The van der Waals surface area contributed by atoms with E-state index in [2.05, 4.69) is 30.8 Å². The number of anilines is 1. The van der Waals surface area contributed by atoms with Crippen molar-refractivity contribution in [3.63, 3.8) is 0 Å². The van der Waals surface area contributed by atoms with E-state index in [0.29, 0.717) is 18.4 Å². The molecular formula is C12H18BrN3O. The maximum atomic E-state index is 5.45. The number of nitrogens with zero attached hydrogens (tertiary/aromatic N) is 3. The maximum absolute atomic E-state index is 5.45. The summed E-state index contributed by atoms with van der Waals surface area (Å²) in [5.74, 6) is 2.18. The third kappa shape index (κ3) is 3.09. The highest BCUT2D eigenvalue weighted by Gasteiger charge is 2.23. The van der Waals surface area contributed by atoms with Gasteiger partial charge in [0.05, 0.1) is 6.61 Å². The van der Waals surface area contributed by atoms with E-state index in [1.54, 1.807) is 0 Å². The lowest BCUT2D eigenvalue weighted by molar-refractivity contribution is 0.326. The second kappa shape index (κ2) is 5.67. The Morgan fingerprint density at radius 3 is 3.00 bits per heavy atom. The summed E-state index contributed by atoms with van der Waals surface area (Å²) in [5.41, 5.74) is 0.959. The fraction of sp³-hybridized carbons (Fsp3) is 0.667. The molecule has 0 radical (unpaired) electrons. The predicted molar refractivity (Wildman–Crippen MR) is 72.1 cm³/mol. The minimum atomic E-state index is 0.639. The van der Waals surface area contributed by atoms with E-state index in [1.165, 1.54) is 6.42 Å². The largest absolute Gasteiger partial charge is 0.478 e. The highest BCUT2D eigenvalue weighted by molar-refractivity contribution is 9.09. The van der Waals surface area contributed by atoms with Crippen molar-refractivity contribution < 1.29 is 4.74 Å².